The molecule has 0 saturated carbocycles. The molecule has 3 rings (SSSR count). The van der Waals surface area contributed by atoms with Crippen molar-refractivity contribution in [2.45, 2.75) is 13.8 Å². The van der Waals surface area contributed by atoms with Gasteiger partial charge in [-0.05, 0) is 41.5 Å². The zero-order valence-corrected chi connectivity index (χ0v) is 14.0. The van der Waals surface area contributed by atoms with Gasteiger partial charge in [0.25, 0.3) is 0 Å². The quantitative estimate of drug-likeness (QED) is 0.678. The lowest BCUT2D eigenvalue weighted by atomic mass is 10.0. The van der Waals surface area contributed by atoms with Crippen LogP contribution in [0.2, 0.25) is 0 Å². The predicted octanol–water partition coefficient (Wildman–Crippen LogP) is 4.87. The maximum Gasteiger partial charge on any atom is 0.0999 e. The minimum absolute atomic E-state index is 0.659. The van der Waals surface area contributed by atoms with Crippen LogP contribution in [0.4, 0.5) is 5.69 Å². The molecule has 1 heterocycles. The van der Waals surface area contributed by atoms with Crippen molar-refractivity contribution in [3.63, 3.8) is 0 Å². The van der Waals surface area contributed by atoms with Crippen molar-refractivity contribution in [2.75, 3.05) is 19.0 Å². The van der Waals surface area contributed by atoms with Crippen LogP contribution in [-0.2, 0) is 0 Å². The van der Waals surface area contributed by atoms with Crippen LogP contribution < -0.4 is 4.90 Å². The monoisotopic (exact) mass is 303 g/mol. The Morgan fingerprint density at radius 1 is 0.913 bits per heavy atom. The largest absolute Gasteiger partial charge is 0.378 e. The molecule has 0 unspecified atom stereocenters. The summed E-state index contributed by atoms with van der Waals surface area (Å²) in [5.41, 5.74) is 4.90. The number of hydrogen-bond acceptors (Lipinski definition) is 3. The van der Waals surface area contributed by atoms with E-state index >= 15 is 0 Å². The molecule has 0 N–H and O–H groups in total. The lowest BCUT2D eigenvalue weighted by molar-refractivity contribution is 1.13. The molecule has 0 radical (unpaired) electrons. The van der Waals surface area contributed by atoms with Crippen LogP contribution in [0.5, 0.6) is 0 Å². The summed E-state index contributed by atoms with van der Waals surface area (Å²) in [7, 11) is 4.05. The molecular weight excluding hydrogens is 282 g/mol. The zero-order chi connectivity index (χ0) is 16.8. The van der Waals surface area contributed by atoms with E-state index in [0.29, 0.717) is 5.56 Å². The average molecular weight is 303 g/mol. The molecule has 0 bridgehead atoms. The Morgan fingerprint density at radius 2 is 1.57 bits per heavy atom. The molecule has 116 valence electrons. The fraction of sp³-hybridized carbons (Fsp3) is 0.200. The molecule has 0 aliphatic rings. The van der Waals surface area contributed by atoms with Crippen LogP contribution in [0.15, 0.2) is 54.7 Å². The minimum atomic E-state index is 0.659. The van der Waals surface area contributed by atoms with Gasteiger partial charge in [0.15, 0.2) is 0 Å². The Bertz CT molecular complexity index is 828. The third kappa shape index (κ3) is 3.49. The number of anilines is 1. The normalized spacial score (nSPS) is 9.70. The summed E-state index contributed by atoms with van der Waals surface area (Å²) in [5.74, 6) is 0. The van der Waals surface area contributed by atoms with Gasteiger partial charge in [-0.1, -0.05) is 32.0 Å². The number of hydrogen-bond donors (Lipinski definition) is 0. The van der Waals surface area contributed by atoms with Crippen LogP contribution >= 0.6 is 0 Å². The average Bonchev–Trinajstić information content (AvgIpc) is 2.62. The first kappa shape index (κ1) is 16.5. The Labute approximate surface area is 137 Å². The van der Waals surface area contributed by atoms with E-state index in [1.807, 2.05) is 46.1 Å². The Kier molecular flexibility index (Phi) is 5.32. The zero-order valence-electron chi connectivity index (χ0n) is 14.0. The number of aromatic nitrogens is 1. The fourth-order valence-electron chi connectivity index (χ4n) is 2.38. The van der Waals surface area contributed by atoms with Gasteiger partial charge in [0.2, 0.25) is 0 Å². The maximum absolute atomic E-state index is 9.21. The highest BCUT2D eigenvalue weighted by atomic mass is 15.1. The van der Waals surface area contributed by atoms with Gasteiger partial charge in [-0.15, -0.1) is 0 Å². The Hall–Kier alpha value is -2.86. The molecular formula is C20H21N3. The van der Waals surface area contributed by atoms with Gasteiger partial charge in [-0.25, -0.2) is 0 Å². The number of rotatable bonds is 2. The van der Waals surface area contributed by atoms with Gasteiger partial charge in [0.1, 0.15) is 0 Å². The summed E-state index contributed by atoms with van der Waals surface area (Å²) < 4.78 is 0. The SMILES string of the molecule is CC.CN(C)c1ccc(-c2ccc3nccc(C#N)c3c2)cc1. The summed E-state index contributed by atoms with van der Waals surface area (Å²) in [5, 5.41) is 10.1. The van der Waals surface area contributed by atoms with E-state index in [0.717, 1.165) is 22.0 Å². The van der Waals surface area contributed by atoms with Crippen molar-refractivity contribution >= 4 is 16.6 Å². The van der Waals surface area contributed by atoms with Crippen molar-refractivity contribution in [1.29, 1.82) is 5.26 Å². The second-order valence-electron chi connectivity index (χ2n) is 5.14. The van der Waals surface area contributed by atoms with E-state index in [-0.39, 0.29) is 0 Å². The first-order valence-electron chi connectivity index (χ1n) is 7.75. The van der Waals surface area contributed by atoms with Gasteiger partial charge in [0.05, 0.1) is 17.1 Å². The second-order valence-corrected chi connectivity index (χ2v) is 5.14. The third-order valence-corrected chi connectivity index (χ3v) is 3.58. The standard InChI is InChI=1S/C18H15N3.C2H6/c1-21(2)16-6-3-13(4-7-16)14-5-8-18-17(11-14)15(12-19)9-10-20-18;1-2/h3-11H,1-2H3;1-2H3. The summed E-state index contributed by atoms with van der Waals surface area (Å²) in [6.45, 7) is 4.00. The number of nitrogens with zero attached hydrogens (tertiary/aromatic N) is 3. The molecule has 0 aliphatic carbocycles. The molecule has 0 fully saturated rings. The third-order valence-electron chi connectivity index (χ3n) is 3.58. The van der Waals surface area contributed by atoms with E-state index in [9.17, 15) is 5.26 Å². The number of benzene rings is 2. The van der Waals surface area contributed by atoms with E-state index in [1.54, 1.807) is 12.3 Å². The summed E-state index contributed by atoms with van der Waals surface area (Å²) >= 11 is 0. The van der Waals surface area contributed by atoms with Crippen molar-refractivity contribution in [2.24, 2.45) is 0 Å². The first-order chi connectivity index (χ1) is 11.2. The van der Waals surface area contributed by atoms with E-state index in [4.69, 9.17) is 0 Å². The number of fused-ring (bicyclic) bond motifs is 1. The van der Waals surface area contributed by atoms with Crippen LogP contribution in [0.3, 0.4) is 0 Å². The van der Waals surface area contributed by atoms with Crippen molar-refractivity contribution < 1.29 is 0 Å². The second kappa shape index (κ2) is 7.42. The molecule has 0 amide bonds. The van der Waals surface area contributed by atoms with Gasteiger partial charge >= 0.3 is 0 Å². The van der Waals surface area contributed by atoms with Crippen LogP contribution in [-0.4, -0.2) is 19.1 Å². The van der Waals surface area contributed by atoms with Gasteiger partial charge in [-0.2, -0.15) is 5.26 Å². The molecule has 3 aromatic rings. The molecule has 0 spiro atoms. The predicted molar refractivity (Wildman–Crippen MR) is 97.6 cm³/mol. The molecule has 23 heavy (non-hydrogen) atoms. The summed E-state index contributed by atoms with van der Waals surface area (Å²) in [6.07, 6.45) is 1.67. The number of pyridine rings is 1. The lowest BCUT2D eigenvalue weighted by Crippen LogP contribution is -2.07. The molecule has 0 atom stereocenters. The summed E-state index contributed by atoms with van der Waals surface area (Å²) in [6, 6.07) is 18.4. The smallest absolute Gasteiger partial charge is 0.0999 e. The molecule has 3 nitrogen and oxygen atoms in total. The molecule has 0 aliphatic heterocycles. The van der Waals surface area contributed by atoms with E-state index in [2.05, 4.69) is 40.2 Å². The van der Waals surface area contributed by atoms with Gasteiger partial charge in [-0.3, -0.25) is 4.98 Å². The van der Waals surface area contributed by atoms with Crippen LogP contribution in [0.25, 0.3) is 22.0 Å². The van der Waals surface area contributed by atoms with Crippen molar-refractivity contribution in [3.05, 3.63) is 60.3 Å². The molecule has 2 aromatic carbocycles. The summed E-state index contributed by atoms with van der Waals surface area (Å²) in [4.78, 5) is 6.38. The molecule has 0 saturated heterocycles. The topological polar surface area (TPSA) is 39.9 Å². The number of nitriles is 1. The first-order valence-corrected chi connectivity index (χ1v) is 7.75. The molecule has 1 aromatic heterocycles. The highest BCUT2D eigenvalue weighted by molar-refractivity contribution is 5.89. The van der Waals surface area contributed by atoms with E-state index < -0.39 is 0 Å². The lowest BCUT2D eigenvalue weighted by Gasteiger charge is -2.13. The highest BCUT2D eigenvalue weighted by Gasteiger charge is 2.05. The Morgan fingerprint density at radius 3 is 2.17 bits per heavy atom. The van der Waals surface area contributed by atoms with Crippen molar-refractivity contribution in [1.82, 2.24) is 4.98 Å². The van der Waals surface area contributed by atoms with Crippen LogP contribution in [0, 0.1) is 11.3 Å². The van der Waals surface area contributed by atoms with Crippen molar-refractivity contribution in [3.8, 4) is 17.2 Å². The minimum Gasteiger partial charge on any atom is -0.378 e. The van der Waals surface area contributed by atoms with E-state index in [1.165, 1.54) is 5.69 Å². The van der Waals surface area contributed by atoms with Gasteiger partial charge in [0, 0.05) is 31.4 Å². The van der Waals surface area contributed by atoms with Crippen LogP contribution in [0.1, 0.15) is 19.4 Å². The van der Waals surface area contributed by atoms with Gasteiger partial charge < -0.3 is 4.90 Å². The maximum atomic E-state index is 9.21. The highest BCUT2D eigenvalue weighted by Crippen LogP contribution is 2.26. The fourth-order valence-corrected chi connectivity index (χ4v) is 2.38. The molecule has 3 heteroatoms. The Balaban J connectivity index is 0.000000924.